The Balaban J connectivity index is 1.39. The standard InChI is InChI=1S/C19H21N5O/c25-18(24-11-3-4-12-24)17-8-10-21-19(23-17)20-9-7-14-13-22-16-6-2-1-5-15(14)16/h1-2,5-6,8,10,13,22H,3-4,7,9,11-12H2,(H,20,21,23). The molecule has 1 aliphatic rings. The molecule has 0 radical (unpaired) electrons. The SMILES string of the molecule is O=C(c1ccnc(NCCc2c[nH]c3ccccc23)n1)N1CCCC1. The van der Waals surface area contributed by atoms with Gasteiger partial charge in [-0.25, -0.2) is 9.97 Å². The minimum Gasteiger partial charge on any atom is -0.361 e. The Morgan fingerprint density at radius 2 is 2.04 bits per heavy atom. The van der Waals surface area contributed by atoms with E-state index in [0.29, 0.717) is 18.2 Å². The van der Waals surface area contributed by atoms with Crippen LogP contribution in [-0.2, 0) is 6.42 Å². The van der Waals surface area contributed by atoms with E-state index in [2.05, 4.69) is 32.4 Å². The van der Waals surface area contributed by atoms with Crippen LogP contribution in [-0.4, -0.2) is 45.4 Å². The number of nitrogens with zero attached hydrogens (tertiary/aromatic N) is 3. The predicted octanol–water partition coefficient (Wildman–Crippen LogP) is 2.85. The molecule has 6 nitrogen and oxygen atoms in total. The van der Waals surface area contributed by atoms with Crippen molar-refractivity contribution in [3.05, 3.63) is 54.0 Å². The molecule has 1 amide bonds. The smallest absolute Gasteiger partial charge is 0.272 e. The predicted molar refractivity (Wildman–Crippen MR) is 97.7 cm³/mol. The Morgan fingerprint density at radius 3 is 2.92 bits per heavy atom. The van der Waals surface area contributed by atoms with Gasteiger partial charge in [-0.05, 0) is 37.0 Å². The number of anilines is 1. The third-order valence-corrected chi connectivity index (χ3v) is 4.62. The van der Waals surface area contributed by atoms with Crippen LogP contribution in [0.25, 0.3) is 10.9 Å². The number of hydrogen-bond donors (Lipinski definition) is 2. The van der Waals surface area contributed by atoms with Gasteiger partial charge in [-0.15, -0.1) is 0 Å². The fourth-order valence-corrected chi connectivity index (χ4v) is 3.29. The average Bonchev–Trinajstić information content (AvgIpc) is 3.32. The zero-order valence-electron chi connectivity index (χ0n) is 14.0. The number of H-pyrrole nitrogens is 1. The van der Waals surface area contributed by atoms with Crippen LogP contribution < -0.4 is 5.32 Å². The molecule has 0 saturated carbocycles. The van der Waals surface area contributed by atoms with Crippen LogP contribution in [0.5, 0.6) is 0 Å². The van der Waals surface area contributed by atoms with Crippen molar-refractivity contribution in [2.45, 2.75) is 19.3 Å². The van der Waals surface area contributed by atoms with E-state index in [9.17, 15) is 4.79 Å². The van der Waals surface area contributed by atoms with Gasteiger partial charge in [0.1, 0.15) is 5.69 Å². The number of carbonyl (C=O) groups excluding carboxylic acids is 1. The van der Waals surface area contributed by atoms with E-state index in [0.717, 1.165) is 37.9 Å². The van der Waals surface area contributed by atoms with Crippen molar-refractivity contribution in [1.29, 1.82) is 0 Å². The van der Waals surface area contributed by atoms with Crippen LogP contribution in [0.2, 0.25) is 0 Å². The lowest BCUT2D eigenvalue weighted by Crippen LogP contribution is -2.28. The third-order valence-electron chi connectivity index (χ3n) is 4.62. The highest BCUT2D eigenvalue weighted by Crippen LogP contribution is 2.18. The summed E-state index contributed by atoms with van der Waals surface area (Å²) in [6, 6.07) is 9.95. The second-order valence-corrected chi connectivity index (χ2v) is 6.30. The lowest BCUT2D eigenvalue weighted by atomic mass is 10.1. The van der Waals surface area contributed by atoms with Gasteiger partial charge in [0.2, 0.25) is 5.95 Å². The molecular formula is C19H21N5O. The van der Waals surface area contributed by atoms with Crippen LogP contribution in [0.3, 0.4) is 0 Å². The minimum absolute atomic E-state index is 0.000390. The summed E-state index contributed by atoms with van der Waals surface area (Å²) < 4.78 is 0. The summed E-state index contributed by atoms with van der Waals surface area (Å²) >= 11 is 0. The second kappa shape index (κ2) is 6.93. The number of amides is 1. The number of fused-ring (bicyclic) bond motifs is 1. The van der Waals surface area contributed by atoms with Crippen molar-refractivity contribution < 1.29 is 4.79 Å². The molecule has 0 bridgehead atoms. The number of benzene rings is 1. The van der Waals surface area contributed by atoms with Crippen molar-refractivity contribution >= 4 is 22.8 Å². The minimum atomic E-state index is -0.000390. The third kappa shape index (κ3) is 3.33. The van der Waals surface area contributed by atoms with Gasteiger partial charge in [-0.3, -0.25) is 4.79 Å². The van der Waals surface area contributed by atoms with Crippen molar-refractivity contribution in [3.63, 3.8) is 0 Å². The van der Waals surface area contributed by atoms with E-state index >= 15 is 0 Å². The molecular weight excluding hydrogens is 314 g/mol. The first-order chi connectivity index (χ1) is 12.3. The molecule has 1 fully saturated rings. The summed E-state index contributed by atoms with van der Waals surface area (Å²) in [6.07, 6.45) is 6.70. The van der Waals surface area contributed by atoms with Crippen LogP contribution in [0, 0.1) is 0 Å². The molecule has 25 heavy (non-hydrogen) atoms. The number of hydrogen-bond acceptors (Lipinski definition) is 4. The number of aromatic amines is 1. The Bertz CT molecular complexity index is 882. The molecule has 2 N–H and O–H groups in total. The maximum absolute atomic E-state index is 12.4. The second-order valence-electron chi connectivity index (χ2n) is 6.30. The van der Waals surface area contributed by atoms with Gasteiger partial charge in [0.05, 0.1) is 0 Å². The highest BCUT2D eigenvalue weighted by molar-refractivity contribution is 5.92. The quantitative estimate of drug-likeness (QED) is 0.752. The Morgan fingerprint density at radius 1 is 1.20 bits per heavy atom. The molecule has 0 spiro atoms. The number of nitrogens with one attached hydrogen (secondary N) is 2. The number of likely N-dealkylation sites (tertiary alicyclic amines) is 1. The molecule has 0 aliphatic carbocycles. The number of carbonyl (C=O) groups is 1. The van der Waals surface area contributed by atoms with Gasteiger partial charge in [0.25, 0.3) is 5.91 Å². The number of aromatic nitrogens is 3. The lowest BCUT2D eigenvalue weighted by Gasteiger charge is -2.14. The van der Waals surface area contributed by atoms with Crippen molar-refractivity contribution in [2.75, 3.05) is 25.0 Å². The zero-order valence-corrected chi connectivity index (χ0v) is 14.0. The molecule has 128 valence electrons. The molecule has 3 heterocycles. The molecule has 1 aliphatic heterocycles. The Kier molecular flexibility index (Phi) is 4.33. The zero-order chi connectivity index (χ0) is 17.1. The van der Waals surface area contributed by atoms with Crippen molar-refractivity contribution in [3.8, 4) is 0 Å². The van der Waals surface area contributed by atoms with Crippen LogP contribution in [0.1, 0.15) is 28.9 Å². The average molecular weight is 335 g/mol. The first-order valence-electron chi connectivity index (χ1n) is 8.72. The number of rotatable bonds is 5. The summed E-state index contributed by atoms with van der Waals surface area (Å²) in [5.41, 5.74) is 2.87. The Labute approximate surface area is 146 Å². The molecule has 3 aromatic rings. The van der Waals surface area contributed by atoms with Gasteiger partial charge >= 0.3 is 0 Å². The highest BCUT2D eigenvalue weighted by Gasteiger charge is 2.20. The Hall–Kier alpha value is -2.89. The van der Waals surface area contributed by atoms with E-state index < -0.39 is 0 Å². The maximum Gasteiger partial charge on any atom is 0.272 e. The van der Waals surface area contributed by atoms with E-state index in [1.54, 1.807) is 12.3 Å². The topological polar surface area (TPSA) is 73.9 Å². The molecule has 0 unspecified atom stereocenters. The lowest BCUT2D eigenvalue weighted by molar-refractivity contribution is 0.0787. The molecule has 6 heteroatoms. The fraction of sp³-hybridized carbons (Fsp3) is 0.316. The first kappa shape index (κ1) is 15.6. The van der Waals surface area contributed by atoms with E-state index in [4.69, 9.17) is 0 Å². The summed E-state index contributed by atoms with van der Waals surface area (Å²) in [5, 5.41) is 4.47. The molecule has 1 aromatic carbocycles. The summed E-state index contributed by atoms with van der Waals surface area (Å²) in [4.78, 5) is 26.2. The maximum atomic E-state index is 12.4. The van der Waals surface area contributed by atoms with Crippen LogP contribution >= 0.6 is 0 Å². The van der Waals surface area contributed by atoms with E-state index in [1.165, 1.54) is 10.9 Å². The molecule has 4 rings (SSSR count). The first-order valence-corrected chi connectivity index (χ1v) is 8.72. The normalized spacial score (nSPS) is 14.2. The summed E-state index contributed by atoms with van der Waals surface area (Å²) in [6.45, 7) is 2.36. The van der Waals surface area contributed by atoms with Gasteiger partial charge in [-0.2, -0.15) is 0 Å². The summed E-state index contributed by atoms with van der Waals surface area (Å²) in [5.74, 6) is 0.504. The van der Waals surface area contributed by atoms with Crippen molar-refractivity contribution in [2.24, 2.45) is 0 Å². The van der Waals surface area contributed by atoms with E-state index in [1.807, 2.05) is 23.2 Å². The van der Waals surface area contributed by atoms with Crippen LogP contribution in [0.15, 0.2) is 42.7 Å². The molecule has 0 atom stereocenters. The van der Waals surface area contributed by atoms with E-state index in [-0.39, 0.29) is 5.91 Å². The fourth-order valence-electron chi connectivity index (χ4n) is 3.29. The van der Waals surface area contributed by atoms with Gasteiger partial charge in [0, 0.05) is 42.9 Å². The number of para-hydroxylation sites is 1. The largest absolute Gasteiger partial charge is 0.361 e. The summed E-state index contributed by atoms with van der Waals surface area (Å²) in [7, 11) is 0. The highest BCUT2D eigenvalue weighted by atomic mass is 16.2. The van der Waals surface area contributed by atoms with Gasteiger partial charge in [0.15, 0.2) is 0 Å². The molecule has 2 aromatic heterocycles. The van der Waals surface area contributed by atoms with Gasteiger partial charge < -0.3 is 15.2 Å². The van der Waals surface area contributed by atoms with Crippen molar-refractivity contribution in [1.82, 2.24) is 19.9 Å². The van der Waals surface area contributed by atoms with Gasteiger partial charge in [-0.1, -0.05) is 18.2 Å². The van der Waals surface area contributed by atoms with Crippen LogP contribution in [0.4, 0.5) is 5.95 Å². The molecule has 1 saturated heterocycles. The monoisotopic (exact) mass is 335 g/mol.